The Hall–Kier alpha value is -1.66. The predicted octanol–water partition coefficient (Wildman–Crippen LogP) is 3.95. The Morgan fingerprint density at radius 3 is 2.68 bits per heavy atom. The topological polar surface area (TPSA) is 64.1 Å². The molecule has 0 aliphatic heterocycles. The molecule has 0 radical (unpaired) electrons. The molecule has 0 aliphatic rings. The summed E-state index contributed by atoms with van der Waals surface area (Å²) in [4.78, 5) is 11.9. The van der Waals surface area contributed by atoms with E-state index >= 15 is 0 Å². The molecule has 0 spiro atoms. The molecule has 5 nitrogen and oxygen atoms in total. The van der Waals surface area contributed by atoms with Gasteiger partial charge in [-0.15, -0.1) is 10.2 Å². The van der Waals surface area contributed by atoms with E-state index in [9.17, 15) is 4.79 Å². The highest BCUT2D eigenvalue weighted by atomic mass is 35.5. The Morgan fingerprint density at radius 1 is 1.36 bits per heavy atom. The number of nitrogens with zero attached hydrogens (tertiary/aromatic N) is 2. The Bertz CT molecular complexity index is 685. The zero-order valence-corrected chi connectivity index (χ0v) is 14.5. The number of rotatable bonds is 5. The Morgan fingerprint density at radius 2 is 2.09 bits per heavy atom. The fraction of sp³-hybridized carbons (Fsp3) is 0.400. The maximum atomic E-state index is 11.9. The molecule has 7 heteroatoms. The van der Waals surface area contributed by atoms with Gasteiger partial charge in [0.1, 0.15) is 10.8 Å². The summed E-state index contributed by atoms with van der Waals surface area (Å²) in [6, 6.07) is 3.75. The van der Waals surface area contributed by atoms with E-state index in [4.69, 9.17) is 16.3 Å². The van der Waals surface area contributed by atoms with E-state index < -0.39 is 0 Å². The van der Waals surface area contributed by atoms with Crippen molar-refractivity contribution >= 4 is 34.0 Å². The summed E-state index contributed by atoms with van der Waals surface area (Å²) < 4.78 is 5.66. The third-order valence-corrected chi connectivity index (χ3v) is 4.21. The van der Waals surface area contributed by atoms with Crippen molar-refractivity contribution in [1.29, 1.82) is 0 Å². The number of anilines is 1. The van der Waals surface area contributed by atoms with Gasteiger partial charge in [0.05, 0.1) is 0 Å². The number of aromatic nitrogens is 2. The van der Waals surface area contributed by atoms with Gasteiger partial charge in [-0.3, -0.25) is 10.1 Å². The van der Waals surface area contributed by atoms with Crippen molar-refractivity contribution in [2.45, 2.75) is 33.6 Å². The standard InChI is InChI=1S/C15H18ClN3O2S/c1-8(2)11-6-12(16)9(3)5-13(11)21-7-14(20)17-15-19-18-10(4)22-15/h5-6,8H,7H2,1-4H3,(H,17,19,20). The fourth-order valence-corrected chi connectivity index (χ4v) is 2.67. The molecule has 1 heterocycles. The number of benzene rings is 1. The quantitative estimate of drug-likeness (QED) is 0.895. The molecule has 0 fully saturated rings. The van der Waals surface area contributed by atoms with Crippen molar-refractivity contribution in [1.82, 2.24) is 10.2 Å². The number of carbonyl (C=O) groups excluding carboxylic acids is 1. The van der Waals surface area contributed by atoms with E-state index in [1.165, 1.54) is 11.3 Å². The van der Waals surface area contributed by atoms with Gasteiger partial charge in [-0.2, -0.15) is 0 Å². The van der Waals surface area contributed by atoms with Crippen LogP contribution in [0.5, 0.6) is 5.75 Å². The molecule has 0 saturated carbocycles. The molecule has 0 bridgehead atoms. The summed E-state index contributed by atoms with van der Waals surface area (Å²) in [5.41, 5.74) is 1.90. The number of hydrogen-bond acceptors (Lipinski definition) is 5. The Labute approximate surface area is 138 Å². The van der Waals surface area contributed by atoms with Crippen molar-refractivity contribution in [3.8, 4) is 5.75 Å². The van der Waals surface area contributed by atoms with E-state index in [0.717, 1.165) is 16.1 Å². The van der Waals surface area contributed by atoms with Crippen molar-refractivity contribution < 1.29 is 9.53 Å². The largest absolute Gasteiger partial charge is 0.483 e. The molecule has 0 atom stereocenters. The lowest BCUT2D eigenvalue weighted by Gasteiger charge is -2.15. The van der Waals surface area contributed by atoms with E-state index in [1.807, 2.05) is 26.0 Å². The molecule has 2 aromatic rings. The average molecular weight is 340 g/mol. The highest BCUT2D eigenvalue weighted by Crippen LogP contribution is 2.32. The van der Waals surface area contributed by atoms with Gasteiger partial charge in [0.25, 0.3) is 5.91 Å². The van der Waals surface area contributed by atoms with Crippen molar-refractivity contribution in [2.75, 3.05) is 11.9 Å². The highest BCUT2D eigenvalue weighted by Gasteiger charge is 2.13. The SMILES string of the molecule is Cc1nnc(NC(=O)COc2cc(C)c(Cl)cc2C(C)C)s1. The molecule has 0 unspecified atom stereocenters. The first-order valence-electron chi connectivity index (χ1n) is 6.89. The van der Waals surface area contributed by atoms with Crippen molar-refractivity contribution in [3.63, 3.8) is 0 Å². The van der Waals surface area contributed by atoms with Crippen LogP contribution in [0.4, 0.5) is 5.13 Å². The predicted molar refractivity (Wildman–Crippen MR) is 89.0 cm³/mol. The molecule has 1 aromatic carbocycles. The summed E-state index contributed by atoms with van der Waals surface area (Å²) in [6.45, 7) is 7.76. The molecular formula is C15H18ClN3O2S. The van der Waals surface area contributed by atoms with E-state index in [1.54, 1.807) is 0 Å². The lowest BCUT2D eigenvalue weighted by atomic mass is 10.0. The van der Waals surface area contributed by atoms with Crippen LogP contribution in [0.15, 0.2) is 12.1 Å². The number of hydrogen-bond donors (Lipinski definition) is 1. The van der Waals surface area contributed by atoms with E-state index in [2.05, 4.69) is 29.4 Å². The second-order valence-corrected chi connectivity index (χ2v) is 6.85. The average Bonchev–Trinajstić information content (AvgIpc) is 2.84. The minimum Gasteiger partial charge on any atom is -0.483 e. The lowest BCUT2D eigenvalue weighted by molar-refractivity contribution is -0.118. The van der Waals surface area contributed by atoms with Gasteiger partial charge in [0, 0.05) is 5.02 Å². The van der Waals surface area contributed by atoms with Crippen LogP contribution in [-0.4, -0.2) is 22.7 Å². The van der Waals surface area contributed by atoms with Gasteiger partial charge in [0.2, 0.25) is 5.13 Å². The Kier molecular flexibility index (Phi) is 5.37. The van der Waals surface area contributed by atoms with Crippen molar-refractivity contribution in [3.05, 3.63) is 33.3 Å². The zero-order chi connectivity index (χ0) is 16.3. The van der Waals surface area contributed by atoms with Crippen molar-refractivity contribution in [2.24, 2.45) is 0 Å². The summed E-state index contributed by atoms with van der Waals surface area (Å²) in [5, 5.41) is 12.3. The van der Waals surface area contributed by atoms with Gasteiger partial charge in [-0.05, 0) is 43.0 Å². The number of amides is 1. The van der Waals surface area contributed by atoms with Crippen LogP contribution in [0.3, 0.4) is 0 Å². The van der Waals surface area contributed by atoms with Crippen LogP contribution in [0.1, 0.15) is 35.9 Å². The number of aryl methyl sites for hydroxylation is 2. The van der Waals surface area contributed by atoms with Gasteiger partial charge < -0.3 is 4.74 Å². The van der Waals surface area contributed by atoms with E-state index in [-0.39, 0.29) is 18.4 Å². The molecule has 1 aromatic heterocycles. The van der Waals surface area contributed by atoms with Crippen LogP contribution < -0.4 is 10.1 Å². The molecular weight excluding hydrogens is 322 g/mol. The second kappa shape index (κ2) is 7.07. The number of carbonyl (C=O) groups is 1. The number of ether oxygens (including phenoxy) is 1. The minimum atomic E-state index is -0.265. The normalized spacial score (nSPS) is 10.8. The van der Waals surface area contributed by atoms with Crippen LogP contribution in [0, 0.1) is 13.8 Å². The third-order valence-electron chi connectivity index (χ3n) is 3.04. The van der Waals surface area contributed by atoms with Crippen LogP contribution >= 0.6 is 22.9 Å². The first-order valence-corrected chi connectivity index (χ1v) is 8.09. The smallest absolute Gasteiger partial charge is 0.264 e. The Balaban J connectivity index is 2.04. The van der Waals surface area contributed by atoms with Crippen LogP contribution in [-0.2, 0) is 4.79 Å². The first-order chi connectivity index (χ1) is 10.4. The van der Waals surface area contributed by atoms with Gasteiger partial charge in [-0.25, -0.2) is 0 Å². The molecule has 1 amide bonds. The number of nitrogens with one attached hydrogen (secondary N) is 1. The maximum Gasteiger partial charge on any atom is 0.264 e. The molecule has 22 heavy (non-hydrogen) atoms. The second-order valence-electron chi connectivity index (χ2n) is 5.26. The van der Waals surface area contributed by atoms with Gasteiger partial charge in [0.15, 0.2) is 6.61 Å². The summed E-state index contributed by atoms with van der Waals surface area (Å²) in [5.74, 6) is 0.668. The van der Waals surface area contributed by atoms with Crippen LogP contribution in [0.25, 0.3) is 0 Å². The molecule has 0 saturated heterocycles. The fourth-order valence-electron chi connectivity index (χ4n) is 1.89. The lowest BCUT2D eigenvalue weighted by Crippen LogP contribution is -2.20. The van der Waals surface area contributed by atoms with Gasteiger partial charge in [-0.1, -0.05) is 36.8 Å². The number of halogens is 1. The summed E-state index contributed by atoms with van der Waals surface area (Å²) in [7, 11) is 0. The summed E-state index contributed by atoms with van der Waals surface area (Å²) in [6.07, 6.45) is 0. The third kappa shape index (κ3) is 4.18. The monoisotopic (exact) mass is 339 g/mol. The minimum absolute atomic E-state index is 0.0839. The molecule has 1 N–H and O–H groups in total. The highest BCUT2D eigenvalue weighted by molar-refractivity contribution is 7.15. The molecule has 0 aliphatic carbocycles. The first kappa shape index (κ1) is 16.7. The summed E-state index contributed by atoms with van der Waals surface area (Å²) >= 11 is 7.48. The molecule has 118 valence electrons. The van der Waals surface area contributed by atoms with E-state index in [0.29, 0.717) is 15.9 Å². The van der Waals surface area contributed by atoms with Gasteiger partial charge >= 0.3 is 0 Å². The maximum absolute atomic E-state index is 11.9. The molecule has 2 rings (SSSR count). The zero-order valence-electron chi connectivity index (χ0n) is 12.9. The van der Waals surface area contributed by atoms with Crippen LogP contribution in [0.2, 0.25) is 5.02 Å².